The summed E-state index contributed by atoms with van der Waals surface area (Å²) in [6.45, 7) is 3.02. The van der Waals surface area contributed by atoms with Gasteiger partial charge in [-0.05, 0) is 54.8 Å². The predicted molar refractivity (Wildman–Crippen MR) is 133 cm³/mol. The molecule has 0 saturated heterocycles. The highest BCUT2D eigenvalue weighted by Gasteiger charge is 2.27. The molecule has 0 bridgehead atoms. The first-order chi connectivity index (χ1) is 16.4. The Bertz CT molecular complexity index is 1470. The molecule has 5 rings (SSSR count). The topological polar surface area (TPSA) is 55.2 Å². The van der Waals surface area contributed by atoms with E-state index in [0.717, 1.165) is 12.0 Å². The number of aromatic nitrogens is 2. The number of thioether (sulfide) groups is 1. The van der Waals surface area contributed by atoms with Crippen molar-refractivity contribution in [3.05, 3.63) is 99.1 Å². The monoisotopic (exact) mass is 493 g/mol. The smallest absolute Gasteiger partial charge is 0.266 e. The van der Waals surface area contributed by atoms with Gasteiger partial charge in [-0.15, -0.1) is 0 Å². The first kappa shape index (κ1) is 22.6. The van der Waals surface area contributed by atoms with E-state index in [1.165, 1.54) is 40.1 Å². The summed E-state index contributed by atoms with van der Waals surface area (Å²) >= 11 is 7.22. The molecule has 8 heteroatoms. The molecule has 2 heterocycles. The van der Waals surface area contributed by atoms with Crippen LogP contribution in [0.25, 0.3) is 16.6 Å². The highest BCUT2D eigenvalue weighted by atomic mass is 35.5. The van der Waals surface area contributed by atoms with Gasteiger partial charge in [0.2, 0.25) is 5.91 Å². The molecule has 1 aliphatic heterocycles. The minimum absolute atomic E-state index is 0.0226. The number of fused-ring (bicyclic) bond motifs is 2. The van der Waals surface area contributed by atoms with Crippen molar-refractivity contribution >= 4 is 40.2 Å². The van der Waals surface area contributed by atoms with Crippen LogP contribution in [0.3, 0.4) is 0 Å². The molecule has 1 aromatic heterocycles. The number of para-hydroxylation sites is 1. The Balaban J connectivity index is 1.51. The van der Waals surface area contributed by atoms with Gasteiger partial charge >= 0.3 is 0 Å². The van der Waals surface area contributed by atoms with E-state index in [9.17, 15) is 14.0 Å². The summed E-state index contributed by atoms with van der Waals surface area (Å²) in [6.07, 6.45) is 0.812. The third-order valence-electron chi connectivity index (χ3n) is 5.98. The Kier molecular flexibility index (Phi) is 6.15. The zero-order valence-electron chi connectivity index (χ0n) is 18.4. The van der Waals surface area contributed by atoms with Crippen molar-refractivity contribution in [2.75, 3.05) is 6.54 Å². The zero-order chi connectivity index (χ0) is 23.8. The molecule has 4 aromatic rings. The molecule has 34 heavy (non-hydrogen) atoms. The summed E-state index contributed by atoms with van der Waals surface area (Å²) in [6, 6.07) is 19.3. The van der Waals surface area contributed by atoms with E-state index in [0.29, 0.717) is 34.8 Å². The molecular weight excluding hydrogens is 473 g/mol. The second-order valence-corrected chi connectivity index (χ2v) is 9.90. The molecule has 172 valence electrons. The summed E-state index contributed by atoms with van der Waals surface area (Å²) in [5, 5.41) is 0.202. The molecule has 0 fully saturated rings. The number of halogens is 2. The van der Waals surface area contributed by atoms with Crippen LogP contribution in [0.2, 0.25) is 5.02 Å². The summed E-state index contributed by atoms with van der Waals surface area (Å²) in [7, 11) is 0. The maximum Gasteiger partial charge on any atom is 0.266 e. The molecule has 0 radical (unpaired) electrons. The molecule has 3 aromatic carbocycles. The molecule has 1 aliphatic rings. The molecule has 0 saturated carbocycles. The largest absolute Gasteiger partial charge is 0.337 e. The first-order valence-corrected chi connectivity index (χ1v) is 12.2. The van der Waals surface area contributed by atoms with Crippen molar-refractivity contribution in [3.8, 4) is 5.69 Å². The van der Waals surface area contributed by atoms with Gasteiger partial charge in [-0.3, -0.25) is 14.2 Å². The standard InChI is InChI=1S/C26H21ClFN3O2S/c1-16(24(32)30-13-12-17-6-2-3-7-18(17)15-30)34-26-29-23-9-5-4-8-20(23)25(33)31(26)19-10-11-22(28)21(27)14-19/h2-11,14,16H,12-13,15H2,1H3/t16-/m1/s1. The number of amides is 1. The molecule has 5 nitrogen and oxygen atoms in total. The highest BCUT2D eigenvalue weighted by Crippen LogP contribution is 2.29. The van der Waals surface area contributed by atoms with Crippen LogP contribution in [0, 0.1) is 5.82 Å². The van der Waals surface area contributed by atoms with Crippen LogP contribution in [-0.2, 0) is 17.8 Å². The number of hydrogen-bond donors (Lipinski definition) is 0. The van der Waals surface area contributed by atoms with Crippen LogP contribution in [0.1, 0.15) is 18.1 Å². The summed E-state index contributed by atoms with van der Waals surface area (Å²) < 4.78 is 15.2. The summed E-state index contributed by atoms with van der Waals surface area (Å²) in [5.74, 6) is -0.596. The van der Waals surface area contributed by atoms with Gasteiger partial charge < -0.3 is 4.90 Å². The molecule has 0 spiro atoms. The minimum Gasteiger partial charge on any atom is -0.337 e. The Morgan fingerprint density at radius 1 is 1.09 bits per heavy atom. The lowest BCUT2D eigenvalue weighted by molar-refractivity contribution is -0.131. The number of rotatable bonds is 4. The van der Waals surface area contributed by atoms with Gasteiger partial charge in [0.25, 0.3) is 5.56 Å². The number of hydrogen-bond acceptors (Lipinski definition) is 4. The number of carbonyl (C=O) groups excluding carboxylic acids is 1. The Morgan fingerprint density at radius 3 is 2.62 bits per heavy atom. The average Bonchev–Trinajstić information content (AvgIpc) is 2.85. The molecule has 1 amide bonds. The third-order valence-corrected chi connectivity index (χ3v) is 7.31. The van der Waals surface area contributed by atoms with E-state index in [-0.39, 0.29) is 16.5 Å². The van der Waals surface area contributed by atoms with Crippen LogP contribution in [0.15, 0.2) is 76.7 Å². The molecule has 0 aliphatic carbocycles. The van der Waals surface area contributed by atoms with E-state index < -0.39 is 11.1 Å². The second-order valence-electron chi connectivity index (χ2n) is 8.19. The van der Waals surface area contributed by atoms with Crippen LogP contribution in [0.4, 0.5) is 4.39 Å². The lowest BCUT2D eigenvalue weighted by atomic mass is 10.00. The zero-order valence-corrected chi connectivity index (χ0v) is 19.9. The van der Waals surface area contributed by atoms with Crippen molar-refractivity contribution in [1.82, 2.24) is 14.5 Å². The van der Waals surface area contributed by atoms with E-state index >= 15 is 0 Å². The summed E-state index contributed by atoms with van der Waals surface area (Å²) in [4.78, 5) is 33.3. The van der Waals surface area contributed by atoms with Gasteiger partial charge in [0.15, 0.2) is 5.16 Å². The maximum atomic E-state index is 13.8. The fraction of sp³-hybridized carbons (Fsp3) is 0.192. The van der Waals surface area contributed by atoms with Crippen molar-refractivity contribution < 1.29 is 9.18 Å². The third kappa shape index (κ3) is 4.21. The fourth-order valence-electron chi connectivity index (χ4n) is 4.19. The van der Waals surface area contributed by atoms with Gasteiger partial charge in [-0.2, -0.15) is 0 Å². The quantitative estimate of drug-likeness (QED) is 0.288. The van der Waals surface area contributed by atoms with Crippen molar-refractivity contribution in [2.24, 2.45) is 0 Å². The highest BCUT2D eigenvalue weighted by molar-refractivity contribution is 8.00. The SMILES string of the molecule is C[C@@H](Sc1nc2ccccc2c(=O)n1-c1ccc(F)c(Cl)c1)C(=O)N1CCc2ccccc2C1. The van der Waals surface area contributed by atoms with Crippen molar-refractivity contribution in [1.29, 1.82) is 0 Å². The molecule has 0 unspecified atom stereocenters. The molecule has 1 atom stereocenters. The number of carbonyl (C=O) groups is 1. The first-order valence-electron chi connectivity index (χ1n) is 10.9. The van der Waals surface area contributed by atoms with E-state index in [2.05, 4.69) is 11.1 Å². The van der Waals surface area contributed by atoms with Crippen LogP contribution >= 0.6 is 23.4 Å². The Labute approximate surface area is 205 Å². The van der Waals surface area contributed by atoms with Gasteiger partial charge in [0, 0.05) is 13.1 Å². The van der Waals surface area contributed by atoms with Crippen molar-refractivity contribution in [3.63, 3.8) is 0 Å². The number of nitrogens with zero attached hydrogens (tertiary/aromatic N) is 3. The van der Waals surface area contributed by atoms with Gasteiger partial charge in [0.05, 0.1) is 26.9 Å². The number of benzene rings is 3. The molecule has 0 N–H and O–H groups in total. The van der Waals surface area contributed by atoms with Gasteiger partial charge in [-0.25, -0.2) is 9.37 Å². The van der Waals surface area contributed by atoms with Gasteiger partial charge in [0.1, 0.15) is 5.82 Å². The van der Waals surface area contributed by atoms with Crippen molar-refractivity contribution in [2.45, 2.75) is 30.3 Å². The van der Waals surface area contributed by atoms with Gasteiger partial charge in [-0.1, -0.05) is 59.8 Å². The average molecular weight is 494 g/mol. The second kappa shape index (κ2) is 9.24. The lowest BCUT2D eigenvalue weighted by Crippen LogP contribution is -2.40. The van der Waals surface area contributed by atoms with E-state index in [4.69, 9.17) is 11.6 Å². The predicted octanol–water partition coefficient (Wildman–Crippen LogP) is 5.24. The van der Waals surface area contributed by atoms with Crippen LogP contribution < -0.4 is 5.56 Å². The van der Waals surface area contributed by atoms with Crippen LogP contribution in [0.5, 0.6) is 0 Å². The minimum atomic E-state index is -0.574. The Hall–Kier alpha value is -3.16. The fourth-order valence-corrected chi connectivity index (χ4v) is 5.38. The normalized spacial score (nSPS) is 14.1. The lowest BCUT2D eigenvalue weighted by Gasteiger charge is -2.30. The van der Waals surface area contributed by atoms with Crippen LogP contribution in [-0.4, -0.2) is 32.2 Å². The maximum absolute atomic E-state index is 13.8. The van der Waals surface area contributed by atoms with E-state index in [1.54, 1.807) is 18.2 Å². The summed E-state index contributed by atoms with van der Waals surface area (Å²) in [5.41, 5.74) is 3.04. The molecular formula is C26H21ClFN3O2S. The van der Waals surface area contributed by atoms with E-state index in [1.807, 2.05) is 36.1 Å². The Morgan fingerprint density at radius 2 is 1.82 bits per heavy atom.